The number of aryl methyl sites for hydroxylation is 1. The summed E-state index contributed by atoms with van der Waals surface area (Å²) in [6.07, 6.45) is 6.77. The van der Waals surface area contributed by atoms with Crippen LogP contribution in [0.3, 0.4) is 0 Å². The van der Waals surface area contributed by atoms with E-state index in [-0.39, 0.29) is 23.4 Å². The van der Waals surface area contributed by atoms with Gasteiger partial charge < -0.3 is 14.5 Å². The lowest BCUT2D eigenvalue weighted by Crippen LogP contribution is -2.43. The van der Waals surface area contributed by atoms with Crippen molar-refractivity contribution in [1.29, 1.82) is 0 Å². The molecule has 1 N–H and O–H groups in total. The maximum Gasteiger partial charge on any atom is 0.222 e. The molecule has 3 aromatic rings. The Labute approximate surface area is 176 Å². The van der Waals surface area contributed by atoms with Gasteiger partial charge in [0, 0.05) is 19.4 Å². The van der Waals surface area contributed by atoms with Crippen molar-refractivity contribution in [2.75, 3.05) is 11.5 Å². The molecule has 1 amide bonds. The maximum absolute atomic E-state index is 13.3. The standard InChI is InChI=1S/C23H30N4OS/c1-17(2)21(22-24-18-8-4-5-9-19(18)26(22)3)25-20(28)16-23(10-14-29-15-11-23)27-12-6-7-13-27/h4-9,12-13,17,21H,10-11,14-16H2,1-3H3,(H,25,28). The highest BCUT2D eigenvalue weighted by molar-refractivity contribution is 7.99. The molecule has 1 fully saturated rings. The molecule has 1 aromatic carbocycles. The third kappa shape index (κ3) is 3.95. The van der Waals surface area contributed by atoms with Gasteiger partial charge in [0.2, 0.25) is 5.91 Å². The van der Waals surface area contributed by atoms with Crippen LogP contribution in [0.5, 0.6) is 0 Å². The van der Waals surface area contributed by atoms with E-state index in [1.165, 1.54) is 0 Å². The van der Waals surface area contributed by atoms with Crippen molar-refractivity contribution in [1.82, 2.24) is 19.4 Å². The molecule has 3 heterocycles. The van der Waals surface area contributed by atoms with Crippen LogP contribution in [0, 0.1) is 5.92 Å². The van der Waals surface area contributed by atoms with Crippen LogP contribution in [0.4, 0.5) is 0 Å². The van der Waals surface area contributed by atoms with Crippen molar-refractivity contribution < 1.29 is 4.79 Å². The minimum absolute atomic E-state index is 0.108. The van der Waals surface area contributed by atoms with Gasteiger partial charge >= 0.3 is 0 Å². The van der Waals surface area contributed by atoms with Crippen molar-refractivity contribution in [3.05, 3.63) is 54.6 Å². The van der Waals surface area contributed by atoms with Gasteiger partial charge in [-0.05, 0) is 54.5 Å². The summed E-state index contributed by atoms with van der Waals surface area (Å²) < 4.78 is 4.37. The predicted molar refractivity (Wildman–Crippen MR) is 120 cm³/mol. The normalized spacial score (nSPS) is 17.5. The molecule has 1 unspecified atom stereocenters. The van der Waals surface area contributed by atoms with Crippen LogP contribution in [-0.4, -0.2) is 31.5 Å². The Hall–Kier alpha value is -2.21. The Balaban J connectivity index is 1.58. The number of para-hydroxylation sites is 2. The van der Waals surface area contributed by atoms with Crippen LogP contribution >= 0.6 is 11.8 Å². The maximum atomic E-state index is 13.3. The Morgan fingerprint density at radius 1 is 1.17 bits per heavy atom. The molecule has 6 heteroatoms. The molecule has 0 radical (unpaired) electrons. The van der Waals surface area contributed by atoms with Crippen molar-refractivity contribution in [2.45, 2.75) is 44.7 Å². The van der Waals surface area contributed by atoms with E-state index >= 15 is 0 Å². The Bertz CT molecular complexity index is 970. The van der Waals surface area contributed by atoms with E-state index in [9.17, 15) is 4.79 Å². The van der Waals surface area contributed by atoms with E-state index in [1.807, 2.05) is 37.0 Å². The number of nitrogens with one attached hydrogen (secondary N) is 1. The van der Waals surface area contributed by atoms with E-state index < -0.39 is 0 Å². The van der Waals surface area contributed by atoms with Gasteiger partial charge in [0.05, 0.1) is 29.0 Å². The van der Waals surface area contributed by atoms with Gasteiger partial charge in [0.25, 0.3) is 0 Å². The van der Waals surface area contributed by atoms with Gasteiger partial charge in [-0.3, -0.25) is 4.79 Å². The molecule has 1 atom stereocenters. The SMILES string of the molecule is CC(C)C(NC(=O)CC1(n2cccc2)CCSCC1)c1nc2ccccc2n1C. The van der Waals surface area contributed by atoms with Crippen LogP contribution in [0.15, 0.2) is 48.8 Å². The molecule has 0 bridgehead atoms. The first-order chi connectivity index (χ1) is 14.0. The topological polar surface area (TPSA) is 51.9 Å². The third-order valence-corrected chi connectivity index (χ3v) is 7.13. The number of hydrogen-bond acceptors (Lipinski definition) is 3. The molecule has 0 saturated carbocycles. The number of carbonyl (C=O) groups is 1. The molecule has 2 aromatic heterocycles. The smallest absolute Gasteiger partial charge is 0.222 e. The summed E-state index contributed by atoms with van der Waals surface area (Å²) in [4.78, 5) is 18.1. The highest BCUT2D eigenvalue weighted by Gasteiger charge is 2.37. The average Bonchev–Trinajstić information content (AvgIpc) is 3.36. The van der Waals surface area contributed by atoms with Gasteiger partial charge in [-0.2, -0.15) is 11.8 Å². The van der Waals surface area contributed by atoms with E-state index in [4.69, 9.17) is 4.98 Å². The molecule has 1 saturated heterocycles. The Morgan fingerprint density at radius 2 is 1.86 bits per heavy atom. The zero-order valence-corrected chi connectivity index (χ0v) is 18.3. The largest absolute Gasteiger partial charge is 0.348 e. The number of aromatic nitrogens is 3. The monoisotopic (exact) mass is 410 g/mol. The van der Waals surface area contributed by atoms with Crippen molar-refractivity contribution in [2.24, 2.45) is 13.0 Å². The first-order valence-electron chi connectivity index (χ1n) is 10.4. The fraction of sp³-hybridized carbons (Fsp3) is 0.478. The molecule has 1 aliphatic heterocycles. The molecular formula is C23H30N4OS. The summed E-state index contributed by atoms with van der Waals surface area (Å²) in [6, 6.07) is 12.1. The minimum Gasteiger partial charge on any atom is -0.348 e. The van der Waals surface area contributed by atoms with Gasteiger partial charge in [-0.1, -0.05) is 26.0 Å². The van der Waals surface area contributed by atoms with Crippen LogP contribution in [-0.2, 0) is 17.4 Å². The fourth-order valence-corrected chi connectivity index (χ4v) is 5.68. The van der Waals surface area contributed by atoms with Crippen LogP contribution in [0.2, 0.25) is 0 Å². The quantitative estimate of drug-likeness (QED) is 0.651. The third-order valence-electron chi connectivity index (χ3n) is 6.15. The summed E-state index contributed by atoms with van der Waals surface area (Å²) in [5, 5.41) is 3.33. The predicted octanol–water partition coefficient (Wildman–Crippen LogP) is 4.50. The Morgan fingerprint density at radius 3 is 2.52 bits per heavy atom. The number of imidazole rings is 1. The lowest BCUT2D eigenvalue weighted by Gasteiger charge is -2.38. The van der Waals surface area contributed by atoms with E-state index in [1.54, 1.807) is 0 Å². The second-order valence-electron chi connectivity index (χ2n) is 8.41. The second-order valence-corrected chi connectivity index (χ2v) is 9.64. The lowest BCUT2D eigenvalue weighted by atomic mass is 9.87. The number of fused-ring (bicyclic) bond motifs is 1. The molecule has 1 aliphatic rings. The zero-order chi connectivity index (χ0) is 20.4. The highest BCUT2D eigenvalue weighted by Crippen LogP contribution is 2.37. The van der Waals surface area contributed by atoms with E-state index in [0.29, 0.717) is 6.42 Å². The number of amides is 1. The van der Waals surface area contributed by atoms with E-state index in [0.717, 1.165) is 41.2 Å². The van der Waals surface area contributed by atoms with Crippen molar-refractivity contribution >= 4 is 28.7 Å². The molecule has 154 valence electrons. The molecule has 0 aliphatic carbocycles. The second kappa shape index (κ2) is 8.27. The summed E-state index contributed by atoms with van der Waals surface area (Å²) in [6.45, 7) is 4.28. The first-order valence-corrected chi connectivity index (χ1v) is 11.6. The summed E-state index contributed by atoms with van der Waals surface area (Å²) in [5.41, 5.74) is 1.95. The summed E-state index contributed by atoms with van der Waals surface area (Å²) in [7, 11) is 2.03. The molecule has 0 spiro atoms. The first kappa shape index (κ1) is 20.1. The fourth-order valence-electron chi connectivity index (χ4n) is 4.42. The molecular weight excluding hydrogens is 380 g/mol. The van der Waals surface area contributed by atoms with Crippen LogP contribution in [0.1, 0.15) is 45.0 Å². The molecule has 5 nitrogen and oxygen atoms in total. The number of nitrogens with zero attached hydrogens (tertiary/aromatic N) is 3. The van der Waals surface area contributed by atoms with Gasteiger partial charge in [0.15, 0.2) is 0 Å². The number of thioether (sulfide) groups is 1. The van der Waals surface area contributed by atoms with Crippen molar-refractivity contribution in [3.8, 4) is 0 Å². The Kier molecular flexibility index (Phi) is 5.72. The number of carbonyl (C=O) groups excluding carboxylic acids is 1. The van der Waals surface area contributed by atoms with Gasteiger partial charge in [-0.25, -0.2) is 4.98 Å². The minimum atomic E-state index is -0.118. The lowest BCUT2D eigenvalue weighted by molar-refractivity contribution is -0.124. The number of rotatable bonds is 6. The highest BCUT2D eigenvalue weighted by atomic mass is 32.2. The van der Waals surface area contributed by atoms with Gasteiger partial charge in [-0.15, -0.1) is 0 Å². The number of benzene rings is 1. The zero-order valence-electron chi connectivity index (χ0n) is 17.5. The van der Waals surface area contributed by atoms with Gasteiger partial charge in [0.1, 0.15) is 5.82 Å². The molecule has 4 rings (SSSR count). The van der Waals surface area contributed by atoms with Crippen molar-refractivity contribution in [3.63, 3.8) is 0 Å². The van der Waals surface area contributed by atoms with E-state index in [2.05, 4.69) is 58.9 Å². The average molecular weight is 411 g/mol. The summed E-state index contributed by atoms with van der Waals surface area (Å²) in [5.74, 6) is 3.48. The number of hydrogen-bond donors (Lipinski definition) is 1. The molecule has 29 heavy (non-hydrogen) atoms. The van der Waals surface area contributed by atoms with Crippen LogP contribution in [0.25, 0.3) is 11.0 Å². The van der Waals surface area contributed by atoms with Crippen LogP contribution < -0.4 is 5.32 Å². The summed E-state index contributed by atoms with van der Waals surface area (Å²) >= 11 is 1.98.